The van der Waals surface area contributed by atoms with Crippen LogP contribution in [0.15, 0.2) is 0 Å². The van der Waals surface area contributed by atoms with Gasteiger partial charge in [-0.1, -0.05) is 6.42 Å². The average Bonchev–Trinajstić information content (AvgIpc) is 2.89. The molecular weight excluding hydrogens is 325 g/mol. The Balaban J connectivity index is 0.00000121. The van der Waals surface area contributed by atoms with Crippen LogP contribution in [0.1, 0.15) is 44.9 Å². The number of hydrogen-bond acceptors (Lipinski definition) is 4. The van der Waals surface area contributed by atoms with Gasteiger partial charge in [0.15, 0.2) is 0 Å². The molecule has 0 radical (unpaired) electrons. The molecule has 3 aliphatic heterocycles. The molecule has 2 unspecified atom stereocenters. The summed E-state index contributed by atoms with van der Waals surface area (Å²) in [5, 5.41) is 3.22. The molecule has 0 aromatic rings. The lowest BCUT2D eigenvalue weighted by Crippen LogP contribution is -2.56. The molecule has 0 aliphatic carbocycles. The molecule has 130 valence electrons. The van der Waals surface area contributed by atoms with Crippen molar-refractivity contribution < 1.29 is 9.53 Å². The van der Waals surface area contributed by atoms with Crippen LogP contribution in [0.3, 0.4) is 0 Å². The van der Waals surface area contributed by atoms with Gasteiger partial charge in [-0.2, -0.15) is 0 Å². The number of nitrogens with zero attached hydrogens (tertiary/aromatic N) is 1. The quantitative estimate of drug-likeness (QED) is 0.806. The van der Waals surface area contributed by atoms with E-state index in [4.69, 9.17) is 10.5 Å². The number of halogens is 2. The van der Waals surface area contributed by atoms with Crippen molar-refractivity contribution in [2.45, 2.75) is 75.3 Å². The summed E-state index contributed by atoms with van der Waals surface area (Å²) >= 11 is 0. The Morgan fingerprint density at radius 1 is 1.18 bits per heavy atom. The van der Waals surface area contributed by atoms with Crippen molar-refractivity contribution >= 4 is 30.7 Å². The van der Waals surface area contributed by atoms with Gasteiger partial charge in [0.05, 0.1) is 6.10 Å². The Morgan fingerprint density at radius 3 is 2.36 bits per heavy atom. The van der Waals surface area contributed by atoms with Gasteiger partial charge in [-0.05, 0) is 45.6 Å². The molecule has 5 nitrogen and oxygen atoms in total. The Bertz CT molecular complexity index is 359. The topological polar surface area (TPSA) is 67.6 Å². The fourth-order valence-corrected chi connectivity index (χ4v) is 4.10. The third kappa shape index (κ3) is 4.26. The predicted molar refractivity (Wildman–Crippen MR) is 91.8 cm³/mol. The Morgan fingerprint density at radius 2 is 1.82 bits per heavy atom. The van der Waals surface area contributed by atoms with Gasteiger partial charge in [0.25, 0.3) is 0 Å². The molecule has 3 rings (SSSR count). The maximum absolute atomic E-state index is 12.3. The molecule has 0 aromatic carbocycles. The molecule has 7 heteroatoms. The zero-order chi connectivity index (χ0) is 14.1. The molecule has 3 heterocycles. The minimum Gasteiger partial charge on any atom is -0.364 e. The predicted octanol–water partition coefficient (Wildman–Crippen LogP) is 1.47. The average molecular weight is 354 g/mol. The van der Waals surface area contributed by atoms with Crippen molar-refractivity contribution in [2.24, 2.45) is 5.73 Å². The number of ether oxygens (including phenoxy) is 1. The number of carbonyl (C=O) groups excluding carboxylic acids is 1. The summed E-state index contributed by atoms with van der Waals surface area (Å²) in [5.74, 6) is 0.0774. The first-order valence-corrected chi connectivity index (χ1v) is 8.05. The van der Waals surface area contributed by atoms with E-state index in [2.05, 4.69) is 17.3 Å². The lowest BCUT2D eigenvalue weighted by molar-refractivity contribution is -0.133. The zero-order valence-corrected chi connectivity index (χ0v) is 14.8. The van der Waals surface area contributed by atoms with Crippen LogP contribution in [0.25, 0.3) is 0 Å². The highest BCUT2D eigenvalue weighted by molar-refractivity contribution is 5.85. The van der Waals surface area contributed by atoms with Gasteiger partial charge >= 0.3 is 0 Å². The van der Waals surface area contributed by atoms with Crippen LogP contribution < -0.4 is 11.1 Å². The number of hydrogen-bond donors (Lipinski definition) is 2. The van der Waals surface area contributed by atoms with Crippen molar-refractivity contribution in [2.75, 3.05) is 13.6 Å². The van der Waals surface area contributed by atoms with Gasteiger partial charge in [-0.15, -0.1) is 24.8 Å². The minimum absolute atomic E-state index is 0. The number of piperidine rings is 2. The summed E-state index contributed by atoms with van der Waals surface area (Å²) in [5.41, 5.74) is 5.60. The van der Waals surface area contributed by atoms with Gasteiger partial charge in [-0.3, -0.25) is 4.79 Å². The van der Waals surface area contributed by atoms with Crippen molar-refractivity contribution in [3.8, 4) is 0 Å². The van der Waals surface area contributed by atoms with E-state index in [9.17, 15) is 4.79 Å². The lowest BCUT2D eigenvalue weighted by Gasteiger charge is -2.47. The zero-order valence-electron chi connectivity index (χ0n) is 13.2. The number of carbonyl (C=O) groups is 1. The molecule has 3 saturated heterocycles. The normalized spacial score (nSPS) is 37.8. The van der Waals surface area contributed by atoms with Gasteiger partial charge in [0.1, 0.15) is 6.10 Å². The van der Waals surface area contributed by atoms with Crippen molar-refractivity contribution in [1.82, 2.24) is 10.2 Å². The maximum Gasteiger partial charge on any atom is 0.249 e. The molecule has 22 heavy (non-hydrogen) atoms. The fraction of sp³-hybridized carbons (Fsp3) is 0.933. The van der Waals surface area contributed by atoms with Gasteiger partial charge in [0, 0.05) is 24.7 Å². The molecular formula is C15H29Cl2N3O2. The highest BCUT2D eigenvalue weighted by Gasteiger charge is 2.38. The summed E-state index contributed by atoms with van der Waals surface area (Å²) in [6, 6.07) is 1.62. The van der Waals surface area contributed by atoms with Crippen LogP contribution in [0.5, 0.6) is 0 Å². The number of fused-ring (bicyclic) bond motifs is 2. The highest BCUT2D eigenvalue weighted by atomic mass is 35.5. The third-order valence-electron chi connectivity index (χ3n) is 5.35. The third-order valence-corrected chi connectivity index (χ3v) is 5.35. The van der Waals surface area contributed by atoms with Crippen LogP contribution >= 0.6 is 24.8 Å². The van der Waals surface area contributed by atoms with E-state index < -0.39 is 0 Å². The highest BCUT2D eigenvalue weighted by Crippen LogP contribution is 2.32. The van der Waals surface area contributed by atoms with Crippen LogP contribution in [0.2, 0.25) is 0 Å². The van der Waals surface area contributed by atoms with E-state index in [1.807, 2.05) is 0 Å². The number of nitrogens with two attached hydrogens (primary N) is 1. The first kappa shape index (κ1) is 20.0. The molecule has 2 bridgehead atoms. The molecule has 4 atom stereocenters. The van der Waals surface area contributed by atoms with Crippen molar-refractivity contribution in [3.63, 3.8) is 0 Å². The van der Waals surface area contributed by atoms with E-state index in [-0.39, 0.29) is 42.9 Å². The number of rotatable bonds is 3. The molecule has 1 amide bonds. The summed E-state index contributed by atoms with van der Waals surface area (Å²) in [6.45, 7) is 0.516. The van der Waals surface area contributed by atoms with Crippen LogP contribution in [0.4, 0.5) is 0 Å². The summed E-state index contributed by atoms with van der Waals surface area (Å²) < 4.78 is 5.68. The molecule has 0 aromatic heterocycles. The lowest BCUT2D eigenvalue weighted by atomic mass is 9.82. The van der Waals surface area contributed by atoms with Crippen LogP contribution in [0, 0.1) is 0 Å². The number of nitrogens with one attached hydrogen (secondary N) is 1. The minimum atomic E-state index is -0.275. The smallest absolute Gasteiger partial charge is 0.249 e. The molecule has 3 N–H and O–H groups in total. The van der Waals surface area contributed by atoms with E-state index in [1.54, 1.807) is 0 Å². The van der Waals surface area contributed by atoms with Crippen LogP contribution in [-0.2, 0) is 9.53 Å². The van der Waals surface area contributed by atoms with E-state index in [0.717, 1.165) is 25.7 Å². The van der Waals surface area contributed by atoms with E-state index >= 15 is 0 Å². The van der Waals surface area contributed by atoms with Crippen molar-refractivity contribution in [3.05, 3.63) is 0 Å². The van der Waals surface area contributed by atoms with Gasteiger partial charge in [-0.25, -0.2) is 0 Å². The Kier molecular flexibility index (Phi) is 7.89. The monoisotopic (exact) mass is 353 g/mol. The Labute approximate surface area is 145 Å². The first-order valence-electron chi connectivity index (χ1n) is 8.05. The summed E-state index contributed by atoms with van der Waals surface area (Å²) in [4.78, 5) is 14.8. The molecule has 3 aliphatic rings. The van der Waals surface area contributed by atoms with Crippen LogP contribution in [-0.4, -0.2) is 54.7 Å². The van der Waals surface area contributed by atoms with E-state index in [1.165, 1.54) is 19.3 Å². The summed E-state index contributed by atoms with van der Waals surface area (Å²) in [7, 11) is 2.23. The SMILES string of the molecule is CN1C2CCCC1CC(NC(=O)[C@@H]1CC[C@H](CN)O1)C2.Cl.Cl. The van der Waals surface area contributed by atoms with Crippen molar-refractivity contribution in [1.29, 1.82) is 0 Å². The fourth-order valence-electron chi connectivity index (χ4n) is 4.10. The molecule has 3 fully saturated rings. The largest absolute Gasteiger partial charge is 0.364 e. The molecule has 0 spiro atoms. The molecule has 0 saturated carbocycles. The maximum atomic E-state index is 12.3. The second-order valence-electron chi connectivity index (χ2n) is 6.64. The van der Waals surface area contributed by atoms with Gasteiger partial charge < -0.3 is 20.7 Å². The second-order valence-corrected chi connectivity index (χ2v) is 6.64. The summed E-state index contributed by atoms with van der Waals surface area (Å²) in [6.07, 6.45) is 7.58. The second kappa shape index (κ2) is 8.69. The first-order chi connectivity index (χ1) is 9.67. The number of amides is 1. The Hall–Kier alpha value is -0.0700. The van der Waals surface area contributed by atoms with E-state index in [0.29, 0.717) is 24.7 Å². The standard InChI is InChI=1S/C15H27N3O2.2ClH/c1-18-11-3-2-4-12(18)8-10(7-11)17-15(19)14-6-5-13(9-16)20-14;;/h10-14H,2-9,16H2,1H3,(H,17,19);2*1H/t10?,11?,12?,13-,14+;;/m1../s1. The van der Waals surface area contributed by atoms with Gasteiger partial charge in [0.2, 0.25) is 5.91 Å².